The first-order valence-corrected chi connectivity index (χ1v) is 5.15. The predicted molar refractivity (Wildman–Crippen MR) is 50.0 cm³/mol. The van der Waals surface area contributed by atoms with Crippen LogP contribution in [0.5, 0.6) is 0 Å². The SMILES string of the molecule is ClC=CCSc1cccs1. The molecule has 0 radical (unpaired) electrons. The second-order valence-corrected chi connectivity index (χ2v) is 4.12. The fourth-order valence-corrected chi connectivity index (χ4v) is 2.33. The first-order valence-electron chi connectivity index (χ1n) is 2.85. The van der Waals surface area contributed by atoms with Crippen molar-refractivity contribution in [2.24, 2.45) is 0 Å². The lowest BCUT2D eigenvalue weighted by Crippen LogP contribution is -1.64. The molecule has 10 heavy (non-hydrogen) atoms. The van der Waals surface area contributed by atoms with E-state index in [-0.39, 0.29) is 0 Å². The number of thiophene rings is 1. The second-order valence-electron chi connectivity index (χ2n) is 1.60. The Balaban J connectivity index is 2.28. The molecule has 1 rings (SSSR count). The summed E-state index contributed by atoms with van der Waals surface area (Å²) < 4.78 is 1.34. The molecule has 0 saturated carbocycles. The number of thioether (sulfide) groups is 1. The highest BCUT2D eigenvalue weighted by atomic mass is 35.5. The van der Waals surface area contributed by atoms with E-state index in [1.165, 1.54) is 4.21 Å². The molecule has 3 heteroatoms. The molecule has 1 heterocycles. The van der Waals surface area contributed by atoms with Gasteiger partial charge in [0, 0.05) is 11.3 Å². The molecule has 0 bridgehead atoms. The number of hydrogen-bond acceptors (Lipinski definition) is 2. The Morgan fingerprint density at radius 2 is 2.60 bits per heavy atom. The van der Waals surface area contributed by atoms with Gasteiger partial charge in [0.25, 0.3) is 0 Å². The summed E-state index contributed by atoms with van der Waals surface area (Å²) in [5.41, 5.74) is 1.56. The summed E-state index contributed by atoms with van der Waals surface area (Å²) in [6.45, 7) is 0. The lowest BCUT2D eigenvalue weighted by molar-refractivity contribution is 1.69. The van der Waals surface area contributed by atoms with Gasteiger partial charge in [0.1, 0.15) is 0 Å². The zero-order valence-electron chi connectivity index (χ0n) is 5.29. The summed E-state index contributed by atoms with van der Waals surface area (Å²) in [4.78, 5) is 0. The molecule has 0 aliphatic carbocycles. The molecule has 0 fully saturated rings. The summed E-state index contributed by atoms with van der Waals surface area (Å²) in [6, 6.07) is 4.16. The fourth-order valence-electron chi connectivity index (χ4n) is 0.512. The van der Waals surface area contributed by atoms with E-state index in [9.17, 15) is 0 Å². The van der Waals surface area contributed by atoms with Gasteiger partial charge in [-0.2, -0.15) is 0 Å². The van der Waals surface area contributed by atoms with Crippen LogP contribution in [0.15, 0.2) is 33.3 Å². The average molecular weight is 191 g/mol. The summed E-state index contributed by atoms with van der Waals surface area (Å²) in [6.07, 6.45) is 1.94. The van der Waals surface area contributed by atoms with E-state index in [2.05, 4.69) is 17.5 Å². The monoisotopic (exact) mass is 190 g/mol. The van der Waals surface area contributed by atoms with Crippen LogP contribution in [0.3, 0.4) is 0 Å². The zero-order chi connectivity index (χ0) is 7.23. The second kappa shape index (κ2) is 4.83. The van der Waals surface area contributed by atoms with Gasteiger partial charge in [-0.3, -0.25) is 0 Å². The minimum atomic E-state index is 0.962. The molecule has 54 valence electrons. The van der Waals surface area contributed by atoms with E-state index in [0.717, 1.165) is 5.75 Å². The minimum absolute atomic E-state index is 0.962. The molecule has 1 aromatic rings. The molecule has 0 spiro atoms. The molecule has 0 atom stereocenters. The molecule has 0 amide bonds. The van der Waals surface area contributed by atoms with Gasteiger partial charge in [0.05, 0.1) is 4.21 Å². The van der Waals surface area contributed by atoms with E-state index in [0.29, 0.717) is 0 Å². The maximum atomic E-state index is 5.35. The van der Waals surface area contributed by atoms with Crippen LogP contribution in [0, 0.1) is 0 Å². The lowest BCUT2D eigenvalue weighted by atomic mass is 10.7. The van der Waals surface area contributed by atoms with Gasteiger partial charge >= 0.3 is 0 Å². The third-order valence-corrected chi connectivity index (χ3v) is 3.17. The Labute approximate surface area is 73.9 Å². The van der Waals surface area contributed by atoms with Gasteiger partial charge in [0.15, 0.2) is 0 Å². The van der Waals surface area contributed by atoms with E-state index < -0.39 is 0 Å². The van der Waals surface area contributed by atoms with E-state index in [1.807, 2.05) is 6.08 Å². The zero-order valence-corrected chi connectivity index (χ0v) is 7.68. The lowest BCUT2D eigenvalue weighted by Gasteiger charge is -1.88. The molecule has 0 N–H and O–H groups in total. The Morgan fingerprint density at radius 1 is 1.70 bits per heavy atom. The van der Waals surface area contributed by atoms with Gasteiger partial charge in [0.2, 0.25) is 0 Å². The summed E-state index contributed by atoms with van der Waals surface area (Å²) >= 11 is 8.91. The van der Waals surface area contributed by atoms with Crippen molar-refractivity contribution in [2.45, 2.75) is 4.21 Å². The Hall–Kier alpha value is 0.0800. The van der Waals surface area contributed by atoms with Crippen LogP contribution in [0.25, 0.3) is 0 Å². The topological polar surface area (TPSA) is 0 Å². The Morgan fingerprint density at radius 3 is 3.20 bits per heavy atom. The van der Waals surface area contributed by atoms with E-state index in [4.69, 9.17) is 11.6 Å². The van der Waals surface area contributed by atoms with Gasteiger partial charge in [-0.05, 0) is 11.4 Å². The highest BCUT2D eigenvalue weighted by Gasteiger charge is 1.89. The van der Waals surface area contributed by atoms with Crippen molar-refractivity contribution < 1.29 is 0 Å². The van der Waals surface area contributed by atoms with Crippen LogP contribution >= 0.6 is 34.7 Å². The summed E-state index contributed by atoms with van der Waals surface area (Å²) in [7, 11) is 0. The standard InChI is InChI=1S/C7H7ClS2/c8-4-2-6-10-7-3-1-5-9-7/h1-5H,6H2. The highest BCUT2D eigenvalue weighted by molar-refractivity contribution is 8.01. The molecule has 0 unspecified atom stereocenters. The van der Waals surface area contributed by atoms with Crippen molar-refractivity contribution in [1.29, 1.82) is 0 Å². The molecular weight excluding hydrogens is 184 g/mol. The molecule has 0 saturated heterocycles. The van der Waals surface area contributed by atoms with Gasteiger partial charge in [-0.15, -0.1) is 23.1 Å². The molecule has 1 aromatic heterocycles. The Kier molecular flexibility index (Phi) is 3.95. The van der Waals surface area contributed by atoms with Crippen molar-refractivity contribution in [1.82, 2.24) is 0 Å². The van der Waals surface area contributed by atoms with Crippen LogP contribution in [-0.4, -0.2) is 5.75 Å². The molecular formula is C7H7ClS2. The van der Waals surface area contributed by atoms with E-state index in [1.54, 1.807) is 28.6 Å². The van der Waals surface area contributed by atoms with Crippen molar-refractivity contribution in [2.75, 3.05) is 5.75 Å². The van der Waals surface area contributed by atoms with Crippen LogP contribution in [0.4, 0.5) is 0 Å². The smallest absolute Gasteiger partial charge is 0.0601 e. The normalized spacial score (nSPS) is 10.9. The van der Waals surface area contributed by atoms with Crippen molar-refractivity contribution in [3.8, 4) is 0 Å². The largest absolute Gasteiger partial charge is 0.137 e. The first kappa shape index (κ1) is 8.18. The maximum Gasteiger partial charge on any atom is 0.0601 e. The third-order valence-electron chi connectivity index (χ3n) is 0.906. The van der Waals surface area contributed by atoms with Crippen molar-refractivity contribution in [3.63, 3.8) is 0 Å². The number of halogens is 1. The van der Waals surface area contributed by atoms with Crippen LogP contribution < -0.4 is 0 Å². The summed E-state index contributed by atoms with van der Waals surface area (Å²) in [5, 5.41) is 2.08. The third kappa shape index (κ3) is 2.78. The summed E-state index contributed by atoms with van der Waals surface area (Å²) in [5.74, 6) is 0.962. The molecule has 0 aromatic carbocycles. The van der Waals surface area contributed by atoms with E-state index >= 15 is 0 Å². The average Bonchev–Trinajstić information content (AvgIpc) is 2.41. The van der Waals surface area contributed by atoms with Crippen LogP contribution in [0.2, 0.25) is 0 Å². The molecule has 0 aliphatic heterocycles. The number of rotatable bonds is 3. The maximum absolute atomic E-state index is 5.35. The van der Waals surface area contributed by atoms with Crippen molar-refractivity contribution in [3.05, 3.63) is 29.1 Å². The van der Waals surface area contributed by atoms with Crippen molar-refractivity contribution >= 4 is 34.7 Å². The molecule has 0 nitrogen and oxygen atoms in total. The fraction of sp³-hybridized carbons (Fsp3) is 0.143. The van der Waals surface area contributed by atoms with Gasteiger partial charge in [-0.25, -0.2) is 0 Å². The minimum Gasteiger partial charge on any atom is -0.137 e. The predicted octanol–water partition coefficient (Wildman–Crippen LogP) is 3.59. The van der Waals surface area contributed by atoms with Crippen LogP contribution in [-0.2, 0) is 0 Å². The van der Waals surface area contributed by atoms with Crippen LogP contribution in [0.1, 0.15) is 0 Å². The van der Waals surface area contributed by atoms with Gasteiger partial charge in [-0.1, -0.05) is 23.7 Å². The quantitative estimate of drug-likeness (QED) is 0.657. The molecule has 0 aliphatic rings. The number of hydrogen-bond donors (Lipinski definition) is 0. The highest BCUT2D eigenvalue weighted by Crippen LogP contribution is 2.22. The van der Waals surface area contributed by atoms with Gasteiger partial charge < -0.3 is 0 Å². The first-order chi connectivity index (χ1) is 4.93. The Bertz CT molecular complexity index is 191.